The highest BCUT2D eigenvalue weighted by molar-refractivity contribution is 5.74. The van der Waals surface area contributed by atoms with E-state index in [1.54, 1.807) is 0 Å². The first-order valence-corrected chi connectivity index (χ1v) is 12.2. The van der Waals surface area contributed by atoms with Crippen LogP contribution in [0.1, 0.15) is 30.5 Å². The Morgan fingerprint density at radius 1 is 1.18 bits per heavy atom. The van der Waals surface area contributed by atoms with E-state index in [4.69, 9.17) is 16.1 Å². The van der Waals surface area contributed by atoms with Gasteiger partial charge in [0.1, 0.15) is 11.3 Å². The molecule has 3 heterocycles. The number of rotatable bonds is 11. The van der Waals surface area contributed by atoms with Gasteiger partial charge in [-0.1, -0.05) is 18.7 Å². The van der Waals surface area contributed by atoms with Crippen LogP contribution in [0.5, 0.6) is 0 Å². The number of nitrogens with zero attached hydrogens (tertiary/aromatic N) is 2. The Hall–Kier alpha value is -3.14. The average molecular weight is 464 g/mol. The van der Waals surface area contributed by atoms with Crippen molar-refractivity contribution in [1.82, 2.24) is 26.3 Å². The van der Waals surface area contributed by atoms with E-state index in [-0.39, 0.29) is 5.96 Å². The predicted octanol–water partition coefficient (Wildman–Crippen LogP) is 0.211. The third-order valence-electron chi connectivity index (χ3n) is 6.23. The van der Waals surface area contributed by atoms with Crippen molar-refractivity contribution in [2.75, 3.05) is 37.6 Å². The first-order chi connectivity index (χ1) is 16.6. The Bertz CT molecular complexity index is 1080. The molecule has 34 heavy (non-hydrogen) atoms. The zero-order chi connectivity index (χ0) is 23.8. The van der Waals surface area contributed by atoms with Crippen molar-refractivity contribution >= 4 is 17.8 Å². The summed E-state index contributed by atoms with van der Waals surface area (Å²) < 4.78 is 0. The summed E-state index contributed by atoms with van der Waals surface area (Å²) in [5.74, 6) is 0.726. The van der Waals surface area contributed by atoms with E-state index in [2.05, 4.69) is 69.4 Å². The molecule has 0 spiro atoms. The van der Waals surface area contributed by atoms with E-state index >= 15 is 0 Å². The second-order valence-corrected chi connectivity index (χ2v) is 8.89. The van der Waals surface area contributed by atoms with Crippen LogP contribution >= 0.6 is 0 Å². The summed E-state index contributed by atoms with van der Waals surface area (Å²) in [6, 6.07) is 11.3. The topological polar surface area (TPSA) is 129 Å². The first kappa shape index (κ1) is 24.0. The maximum Gasteiger partial charge on any atom is 0.185 e. The number of benzene rings is 1. The molecule has 9 nitrogen and oxygen atoms in total. The van der Waals surface area contributed by atoms with Crippen LogP contribution in [0.3, 0.4) is 0 Å². The van der Waals surface area contributed by atoms with Gasteiger partial charge in [-0.05, 0) is 62.7 Å². The van der Waals surface area contributed by atoms with Crippen LogP contribution in [0.2, 0.25) is 0 Å². The van der Waals surface area contributed by atoms with E-state index < -0.39 is 0 Å². The average Bonchev–Trinajstić information content (AvgIpc) is 3.23. The van der Waals surface area contributed by atoms with Crippen molar-refractivity contribution < 1.29 is 0 Å². The van der Waals surface area contributed by atoms with Gasteiger partial charge in [-0.25, -0.2) is 4.99 Å². The van der Waals surface area contributed by atoms with Crippen LogP contribution in [0, 0.1) is 5.41 Å². The number of hydrogen-bond donors (Lipinski definition) is 7. The van der Waals surface area contributed by atoms with Crippen molar-refractivity contribution in [3.05, 3.63) is 64.7 Å². The number of guanidine groups is 1. The molecule has 0 bridgehead atoms. The minimum Gasteiger partial charge on any atom is -0.370 e. The lowest BCUT2D eigenvalue weighted by molar-refractivity contribution is 0.389. The SMILES string of the molecule is C=C1N=c2[nH]c(CCNC3CCNCC3)cc2=CN1c1ccc(CNCCCNC(=N)N)cc1. The second kappa shape index (κ2) is 11.8. The number of fused-ring (bicyclic) bond motifs is 1. The number of piperidine rings is 1. The van der Waals surface area contributed by atoms with Crippen molar-refractivity contribution in [3.8, 4) is 0 Å². The molecule has 9 heteroatoms. The summed E-state index contributed by atoms with van der Waals surface area (Å²) >= 11 is 0. The number of aromatic amines is 1. The molecule has 2 aromatic rings. The van der Waals surface area contributed by atoms with Gasteiger partial charge in [0.05, 0.1) is 0 Å². The van der Waals surface area contributed by atoms with E-state index in [0.717, 1.165) is 62.0 Å². The molecule has 0 aliphatic carbocycles. The number of H-pyrrole nitrogens is 1. The molecule has 1 saturated heterocycles. The predicted molar refractivity (Wildman–Crippen MR) is 138 cm³/mol. The zero-order valence-electron chi connectivity index (χ0n) is 19.8. The maximum absolute atomic E-state index is 7.15. The number of anilines is 1. The summed E-state index contributed by atoms with van der Waals surface area (Å²) in [5.41, 5.74) is 9.63. The molecule has 1 fully saturated rings. The maximum atomic E-state index is 7.15. The van der Waals surface area contributed by atoms with Crippen LogP contribution in [0.4, 0.5) is 5.69 Å². The van der Waals surface area contributed by atoms with Gasteiger partial charge < -0.3 is 36.9 Å². The molecule has 4 rings (SSSR count). The van der Waals surface area contributed by atoms with Crippen LogP contribution in [-0.2, 0) is 13.0 Å². The quantitative estimate of drug-likeness (QED) is 0.145. The van der Waals surface area contributed by atoms with Gasteiger partial charge in [0.2, 0.25) is 0 Å². The standard InChI is InChI=1S/C25H37N9/c1-18-32-24-20(15-22(33-24)9-14-30-21-7-12-28-13-8-21)17-34(18)23-5-3-19(4-6-23)16-29-10-2-11-31-25(26)27/h3-6,15,17,21,28-30H,1-2,7-14,16H2,(H,32,33)(H4,26,27,31). The summed E-state index contributed by atoms with van der Waals surface area (Å²) in [6.07, 6.45) is 6.38. The van der Waals surface area contributed by atoms with Crippen LogP contribution in [0.15, 0.2) is 47.7 Å². The highest BCUT2D eigenvalue weighted by atomic mass is 15.2. The van der Waals surface area contributed by atoms with E-state index in [1.807, 2.05) is 4.90 Å². The molecular formula is C25H37N9. The Labute approximate surface area is 201 Å². The zero-order valence-corrected chi connectivity index (χ0v) is 19.8. The van der Waals surface area contributed by atoms with Crippen molar-refractivity contribution in [1.29, 1.82) is 5.41 Å². The molecule has 0 unspecified atom stereocenters. The Morgan fingerprint density at radius 2 is 1.97 bits per heavy atom. The minimum atomic E-state index is 0.0195. The summed E-state index contributed by atoms with van der Waals surface area (Å²) in [4.78, 5) is 10.2. The van der Waals surface area contributed by atoms with Gasteiger partial charge >= 0.3 is 0 Å². The second-order valence-electron chi connectivity index (χ2n) is 8.89. The Kier molecular flexibility index (Phi) is 8.35. The van der Waals surface area contributed by atoms with Gasteiger partial charge in [-0.15, -0.1) is 0 Å². The summed E-state index contributed by atoms with van der Waals surface area (Å²) in [5, 5.41) is 21.6. The Balaban J connectivity index is 1.30. The highest BCUT2D eigenvalue weighted by Crippen LogP contribution is 2.21. The van der Waals surface area contributed by atoms with Crippen LogP contribution < -0.4 is 42.6 Å². The molecular weight excluding hydrogens is 426 g/mol. The number of nitrogens with two attached hydrogens (primary N) is 1. The summed E-state index contributed by atoms with van der Waals surface area (Å²) in [7, 11) is 0. The van der Waals surface area contributed by atoms with E-state index in [1.165, 1.54) is 24.1 Å². The van der Waals surface area contributed by atoms with Crippen LogP contribution in [-0.4, -0.2) is 49.7 Å². The van der Waals surface area contributed by atoms with Gasteiger partial charge in [0.15, 0.2) is 5.96 Å². The summed E-state index contributed by atoms with van der Waals surface area (Å²) in [6.45, 7) is 9.72. The number of nitrogens with one attached hydrogen (secondary N) is 6. The van der Waals surface area contributed by atoms with Crippen molar-refractivity contribution in [3.63, 3.8) is 0 Å². The number of hydrogen-bond acceptors (Lipinski definition) is 6. The monoisotopic (exact) mass is 463 g/mol. The lowest BCUT2D eigenvalue weighted by Crippen LogP contribution is -2.40. The lowest BCUT2D eigenvalue weighted by atomic mass is 10.1. The van der Waals surface area contributed by atoms with E-state index in [9.17, 15) is 0 Å². The fourth-order valence-corrected chi connectivity index (χ4v) is 4.34. The molecule has 182 valence electrons. The molecule has 0 atom stereocenters. The fraction of sp³-hybridized carbons (Fsp3) is 0.440. The fourth-order valence-electron chi connectivity index (χ4n) is 4.34. The molecule has 0 radical (unpaired) electrons. The molecule has 0 amide bonds. The lowest BCUT2D eigenvalue weighted by Gasteiger charge is -2.23. The Morgan fingerprint density at radius 3 is 2.74 bits per heavy atom. The molecule has 0 saturated carbocycles. The number of aromatic nitrogens is 1. The molecule has 1 aromatic carbocycles. The highest BCUT2D eigenvalue weighted by Gasteiger charge is 2.14. The molecule has 1 aromatic heterocycles. The van der Waals surface area contributed by atoms with Gasteiger partial charge in [-0.2, -0.15) is 0 Å². The molecule has 8 N–H and O–H groups in total. The van der Waals surface area contributed by atoms with E-state index in [0.29, 0.717) is 18.4 Å². The molecule has 2 aliphatic heterocycles. The largest absolute Gasteiger partial charge is 0.370 e. The van der Waals surface area contributed by atoms with Gasteiger partial charge in [0, 0.05) is 54.9 Å². The minimum absolute atomic E-state index is 0.0195. The normalized spacial score (nSPS) is 16.0. The third-order valence-corrected chi connectivity index (χ3v) is 6.23. The molecule has 2 aliphatic rings. The first-order valence-electron chi connectivity index (χ1n) is 12.2. The van der Waals surface area contributed by atoms with Gasteiger partial charge in [-0.3, -0.25) is 5.41 Å². The van der Waals surface area contributed by atoms with Crippen LogP contribution in [0.25, 0.3) is 6.20 Å². The smallest absolute Gasteiger partial charge is 0.185 e. The van der Waals surface area contributed by atoms with Crippen molar-refractivity contribution in [2.24, 2.45) is 10.7 Å². The van der Waals surface area contributed by atoms with Gasteiger partial charge in [0.25, 0.3) is 0 Å². The van der Waals surface area contributed by atoms with Crippen molar-refractivity contribution in [2.45, 2.75) is 38.3 Å². The third kappa shape index (κ3) is 6.69.